The van der Waals surface area contributed by atoms with Gasteiger partial charge in [-0.25, -0.2) is 4.79 Å². The third-order valence-corrected chi connectivity index (χ3v) is 5.53. The zero-order valence-electron chi connectivity index (χ0n) is 16.9. The van der Waals surface area contributed by atoms with Crippen molar-refractivity contribution in [3.63, 3.8) is 0 Å². The van der Waals surface area contributed by atoms with Gasteiger partial charge in [-0.15, -0.1) is 5.10 Å². The Bertz CT molecular complexity index is 831. The second-order valence-electron chi connectivity index (χ2n) is 7.29. The minimum atomic E-state index is -0.0429. The molecule has 8 nitrogen and oxygen atoms in total. The summed E-state index contributed by atoms with van der Waals surface area (Å²) in [7, 11) is 0. The summed E-state index contributed by atoms with van der Waals surface area (Å²) in [6.45, 7) is 8.12. The van der Waals surface area contributed by atoms with Crippen molar-refractivity contribution in [1.82, 2.24) is 15.1 Å². The third-order valence-electron chi connectivity index (χ3n) is 5.53. The number of hydrogen-bond donors (Lipinski definition) is 1. The fourth-order valence-corrected chi connectivity index (χ4v) is 3.78. The van der Waals surface area contributed by atoms with Gasteiger partial charge in [0.1, 0.15) is 0 Å². The van der Waals surface area contributed by atoms with Crippen LogP contribution in [0.5, 0.6) is 0 Å². The maximum atomic E-state index is 12.7. The molecule has 0 atom stereocenters. The number of carbonyl (C=O) groups excluding carboxylic acids is 1. The summed E-state index contributed by atoms with van der Waals surface area (Å²) in [6.07, 6.45) is 2.70. The number of aromatic nitrogens is 2. The molecule has 1 aromatic carbocycles. The molecular formula is C21H28N6O2. The molecule has 3 heterocycles. The van der Waals surface area contributed by atoms with Crippen LogP contribution in [0.3, 0.4) is 0 Å². The Kier molecular flexibility index (Phi) is 6.09. The molecule has 154 valence electrons. The quantitative estimate of drug-likeness (QED) is 0.854. The van der Waals surface area contributed by atoms with Crippen molar-refractivity contribution in [1.29, 1.82) is 0 Å². The summed E-state index contributed by atoms with van der Waals surface area (Å²) in [5, 5.41) is 11.6. The highest BCUT2D eigenvalue weighted by Crippen LogP contribution is 2.21. The Morgan fingerprint density at radius 2 is 1.83 bits per heavy atom. The minimum Gasteiger partial charge on any atom is -0.378 e. The van der Waals surface area contributed by atoms with E-state index >= 15 is 0 Å². The molecular weight excluding hydrogens is 368 g/mol. The van der Waals surface area contributed by atoms with E-state index < -0.39 is 0 Å². The lowest BCUT2D eigenvalue weighted by molar-refractivity contribution is 0.122. The van der Waals surface area contributed by atoms with Crippen LogP contribution in [0.1, 0.15) is 12.5 Å². The largest absolute Gasteiger partial charge is 0.378 e. The molecule has 2 aromatic rings. The lowest BCUT2D eigenvalue weighted by Gasteiger charge is -2.36. The zero-order valence-corrected chi connectivity index (χ0v) is 16.9. The summed E-state index contributed by atoms with van der Waals surface area (Å²) in [4.78, 5) is 19.0. The molecule has 1 aromatic heterocycles. The van der Waals surface area contributed by atoms with Crippen LogP contribution >= 0.6 is 0 Å². The monoisotopic (exact) mass is 396 g/mol. The predicted octanol–water partition coefficient (Wildman–Crippen LogP) is 2.23. The Morgan fingerprint density at radius 1 is 1.07 bits per heavy atom. The van der Waals surface area contributed by atoms with E-state index in [0.717, 1.165) is 68.6 Å². The molecule has 0 spiro atoms. The van der Waals surface area contributed by atoms with Gasteiger partial charge in [0.25, 0.3) is 0 Å². The van der Waals surface area contributed by atoms with Crippen molar-refractivity contribution in [3.05, 3.63) is 42.1 Å². The summed E-state index contributed by atoms with van der Waals surface area (Å²) < 4.78 is 5.43. The van der Waals surface area contributed by atoms with E-state index in [0.29, 0.717) is 13.1 Å². The van der Waals surface area contributed by atoms with Crippen molar-refractivity contribution >= 4 is 23.2 Å². The number of piperazine rings is 1. The van der Waals surface area contributed by atoms with Gasteiger partial charge in [-0.2, -0.15) is 5.10 Å². The number of hydrogen-bond acceptors (Lipinski definition) is 6. The van der Waals surface area contributed by atoms with Gasteiger partial charge >= 0.3 is 6.03 Å². The predicted molar refractivity (Wildman–Crippen MR) is 114 cm³/mol. The number of morpholine rings is 1. The van der Waals surface area contributed by atoms with Crippen LogP contribution in [0.15, 0.2) is 36.5 Å². The third kappa shape index (κ3) is 4.59. The lowest BCUT2D eigenvalue weighted by atomic mass is 10.1. The number of amides is 2. The fourth-order valence-electron chi connectivity index (χ4n) is 3.78. The Morgan fingerprint density at radius 3 is 2.59 bits per heavy atom. The SMILES string of the molecule is CCc1ccccc1NC(=O)N1CCN(c2cc(N3CCOCC3)cnn2)CC1. The van der Waals surface area contributed by atoms with Crippen LogP contribution in [0, 0.1) is 0 Å². The van der Waals surface area contributed by atoms with Crippen molar-refractivity contribution in [2.45, 2.75) is 13.3 Å². The molecule has 0 saturated carbocycles. The number of nitrogens with one attached hydrogen (secondary N) is 1. The van der Waals surface area contributed by atoms with Gasteiger partial charge in [-0.05, 0) is 18.1 Å². The van der Waals surface area contributed by atoms with Gasteiger partial charge < -0.3 is 24.8 Å². The van der Waals surface area contributed by atoms with E-state index in [1.807, 2.05) is 35.4 Å². The lowest BCUT2D eigenvalue weighted by Crippen LogP contribution is -2.50. The number of para-hydroxylation sites is 1. The standard InChI is InChI=1S/C21H28N6O2/c1-2-17-5-3-4-6-19(17)23-21(28)27-9-7-26(8-10-27)20-15-18(16-22-24-20)25-11-13-29-14-12-25/h3-6,15-16H,2,7-14H2,1H3,(H,23,28). The molecule has 8 heteroatoms. The van der Waals surface area contributed by atoms with Crippen molar-refractivity contribution in [3.8, 4) is 0 Å². The molecule has 2 amide bonds. The number of benzene rings is 1. The van der Waals surface area contributed by atoms with E-state index in [1.165, 1.54) is 0 Å². The normalized spacial score (nSPS) is 17.3. The molecule has 0 radical (unpaired) electrons. The van der Waals surface area contributed by atoms with E-state index in [9.17, 15) is 4.79 Å². The second kappa shape index (κ2) is 9.09. The van der Waals surface area contributed by atoms with Gasteiger partial charge in [-0.1, -0.05) is 25.1 Å². The van der Waals surface area contributed by atoms with Crippen LogP contribution in [0.2, 0.25) is 0 Å². The summed E-state index contributed by atoms with van der Waals surface area (Å²) in [5.41, 5.74) is 3.12. The maximum absolute atomic E-state index is 12.7. The first-order chi connectivity index (χ1) is 14.2. The summed E-state index contributed by atoms with van der Waals surface area (Å²) in [5.74, 6) is 0.866. The number of ether oxygens (including phenoxy) is 1. The van der Waals surface area contributed by atoms with Gasteiger partial charge in [0.05, 0.1) is 25.1 Å². The van der Waals surface area contributed by atoms with Crippen molar-refractivity contribution in [2.24, 2.45) is 0 Å². The van der Waals surface area contributed by atoms with Gasteiger partial charge in [0.2, 0.25) is 0 Å². The first kappa shape index (κ1) is 19.4. The number of aryl methyl sites for hydroxylation is 1. The second-order valence-corrected chi connectivity index (χ2v) is 7.29. The number of carbonyl (C=O) groups is 1. The van der Waals surface area contributed by atoms with Crippen molar-refractivity contribution < 1.29 is 9.53 Å². The molecule has 2 fully saturated rings. The molecule has 4 rings (SSSR count). The van der Waals surface area contributed by atoms with E-state index in [2.05, 4.69) is 38.3 Å². The van der Waals surface area contributed by atoms with Crippen LogP contribution < -0.4 is 15.1 Å². The topological polar surface area (TPSA) is 73.8 Å². The number of urea groups is 1. The number of rotatable bonds is 4. The van der Waals surface area contributed by atoms with Crippen LogP contribution in [-0.2, 0) is 11.2 Å². The number of nitrogens with zero attached hydrogens (tertiary/aromatic N) is 5. The Balaban J connectivity index is 1.35. The summed E-state index contributed by atoms with van der Waals surface area (Å²) in [6, 6.07) is 10.0. The molecule has 1 N–H and O–H groups in total. The fraction of sp³-hybridized carbons (Fsp3) is 0.476. The molecule has 29 heavy (non-hydrogen) atoms. The van der Waals surface area contributed by atoms with Crippen LogP contribution in [0.4, 0.5) is 22.0 Å². The summed E-state index contributed by atoms with van der Waals surface area (Å²) >= 11 is 0. The Labute approximate surface area is 171 Å². The average Bonchev–Trinajstić information content (AvgIpc) is 2.80. The smallest absolute Gasteiger partial charge is 0.321 e. The van der Waals surface area contributed by atoms with Gasteiger partial charge in [0, 0.05) is 51.0 Å². The van der Waals surface area contributed by atoms with Crippen LogP contribution in [-0.4, -0.2) is 73.6 Å². The van der Waals surface area contributed by atoms with Gasteiger partial charge in [0.15, 0.2) is 5.82 Å². The number of anilines is 3. The van der Waals surface area contributed by atoms with Crippen molar-refractivity contribution in [2.75, 3.05) is 67.6 Å². The van der Waals surface area contributed by atoms with E-state index in [4.69, 9.17) is 4.74 Å². The molecule has 0 aliphatic carbocycles. The average molecular weight is 396 g/mol. The molecule has 2 saturated heterocycles. The highest BCUT2D eigenvalue weighted by molar-refractivity contribution is 5.90. The molecule has 2 aliphatic rings. The first-order valence-electron chi connectivity index (χ1n) is 10.3. The molecule has 2 aliphatic heterocycles. The van der Waals surface area contributed by atoms with Crippen LogP contribution in [0.25, 0.3) is 0 Å². The molecule has 0 bridgehead atoms. The highest BCUT2D eigenvalue weighted by Gasteiger charge is 2.23. The highest BCUT2D eigenvalue weighted by atomic mass is 16.5. The first-order valence-corrected chi connectivity index (χ1v) is 10.3. The minimum absolute atomic E-state index is 0.0429. The Hall–Kier alpha value is -2.87. The maximum Gasteiger partial charge on any atom is 0.321 e. The van der Waals surface area contributed by atoms with Gasteiger partial charge in [-0.3, -0.25) is 0 Å². The van der Waals surface area contributed by atoms with E-state index in [-0.39, 0.29) is 6.03 Å². The van der Waals surface area contributed by atoms with E-state index in [1.54, 1.807) is 0 Å². The molecule has 0 unspecified atom stereocenters. The zero-order chi connectivity index (χ0) is 20.1.